The summed E-state index contributed by atoms with van der Waals surface area (Å²) in [6.07, 6.45) is 1.67. The lowest BCUT2D eigenvalue weighted by atomic mass is 10.2. The maximum atomic E-state index is 12.5. The number of rotatable bonds is 6. The number of hydrogen-bond donors (Lipinski definition) is 1. The highest BCUT2D eigenvalue weighted by Crippen LogP contribution is 2.37. The standard InChI is InChI=1S/C21H16ClN3O4S/c1-28-21(27)19-18(22)15-8-7-13(11-17(15)30-19)23-20(26)16-9-10-25(24-16)12-29-14-5-3-2-4-6-14/h2-11H,12H2,1H3,(H,23,26). The summed E-state index contributed by atoms with van der Waals surface area (Å²) in [6, 6.07) is 16.2. The van der Waals surface area contributed by atoms with Crippen LogP contribution in [0.5, 0.6) is 5.75 Å². The second kappa shape index (κ2) is 8.56. The van der Waals surface area contributed by atoms with Crippen molar-refractivity contribution in [1.82, 2.24) is 9.78 Å². The van der Waals surface area contributed by atoms with E-state index in [4.69, 9.17) is 21.1 Å². The second-order valence-corrected chi connectivity index (χ2v) is 7.66. The Morgan fingerprint density at radius 1 is 1.17 bits per heavy atom. The summed E-state index contributed by atoms with van der Waals surface area (Å²) in [5.74, 6) is -0.132. The van der Waals surface area contributed by atoms with Crippen molar-refractivity contribution in [2.45, 2.75) is 6.73 Å². The van der Waals surface area contributed by atoms with Crippen LogP contribution < -0.4 is 10.1 Å². The number of benzene rings is 2. The number of methoxy groups -OCH3 is 1. The third kappa shape index (κ3) is 4.14. The van der Waals surface area contributed by atoms with Crippen LogP contribution in [-0.2, 0) is 11.5 Å². The first-order valence-corrected chi connectivity index (χ1v) is 10.1. The third-order valence-corrected chi connectivity index (χ3v) is 5.88. The molecule has 0 saturated heterocycles. The number of fused-ring (bicyclic) bond motifs is 1. The summed E-state index contributed by atoms with van der Waals surface area (Å²) in [4.78, 5) is 24.7. The number of halogens is 1. The van der Waals surface area contributed by atoms with Crippen molar-refractivity contribution < 1.29 is 19.1 Å². The van der Waals surface area contributed by atoms with E-state index in [1.165, 1.54) is 23.1 Å². The van der Waals surface area contributed by atoms with Gasteiger partial charge in [-0.05, 0) is 36.4 Å². The first-order valence-electron chi connectivity index (χ1n) is 8.88. The van der Waals surface area contributed by atoms with E-state index >= 15 is 0 Å². The zero-order chi connectivity index (χ0) is 21.1. The molecule has 0 aliphatic heterocycles. The van der Waals surface area contributed by atoms with Crippen molar-refractivity contribution in [3.63, 3.8) is 0 Å². The van der Waals surface area contributed by atoms with Gasteiger partial charge in [-0.15, -0.1) is 11.3 Å². The Hall–Kier alpha value is -3.36. The molecule has 152 valence electrons. The van der Waals surface area contributed by atoms with E-state index in [2.05, 4.69) is 10.4 Å². The maximum absolute atomic E-state index is 12.5. The van der Waals surface area contributed by atoms with E-state index in [-0.39, 0.29) is 18.3 Å². The Kier molecular flexibility index (Phi) is 5.69. The number of carbonyl (C=O) groups is 2. The lowest BCUT2D eigenvalue weighted by Gasteiger charge is -2.06. The van der Waals surface area contributed by atoms with Gasteiger partial charge in [-0.25, -0.2) is 9.48 Å². The normalized spacial score (nSPS) is 10.7. The van der Waals surface area contributed by atoms with E-state index in [9.17, 15) is 9.59 Å². The van der Waals surface area contributed by atoms with E-state index in [1.807, 2.05) is 30.3 Å². The Bertz CT molecular complexity index is 1220. The summed E-state index contributed by atoms with van der Waals surface area (Å²) in [7, 11) is 1.30. The number of nitrogens with zero attached hydrogens (tertiary/aromatic N) is 2. The lowest BCUT2D eigenvalue weighted by Crippen LogP contribution is -2.14. The number of anilines is 1. The van der Waals surface area contributed by atoms with Crippen molar-refractivity contribution in [1.29, 1.82) is 0 Å². The average Bonchev–Trinajstić information content (AvgIpc) is 3.37. The van der Waals surface area contributed by atoms with Gasteiger partial charge in [-0.3, -0.25) is 4.79 Å². The minimum Gasteiger partial charge on any atom is -0.471 e. The Morgan fingerprint density at radius 3 is 2.73 bits per heavy atom. The van der Waals surface area contributed by atoms with Gasteiger partial charge in [0, 0.05) is 22.0 Å². The van der Waals surface area contributed by atoms with E-state index < -0.39 is 5.97 Å². The summed E-state index contributed by atoms with van der Waals surface area (Å²) in [6.45, 7) is 0.188. The number of aromatic nitrogens is 2. The number of ether oxygens (including phenoxy) is 2. The van der Waals surface area contributed by atoms with Crippen molar-refractivity contribution in [3.8, 4) is 5.75 Å². The van der Waals surface area contributed by atoms with Crippen molar-refractivity contribution in [2.24, 2.45) is 0 Å². The molecule has 4 rings (SSSR count). The Labute approximate surface area is 180 Å². The van der Waals surface area contributed by atoms with Crippen molar-refractivity contribution >= 4 is 50.6 Å². The topological polar surface area (TPSA) is 82.5 Å². The van der Waals surface area contributed by atoms with Crippen LogP contribution >= 0.6 is 22.9 Å². The number of amides is 1. The second-order valence-electron chi connectivity index (χ2n) is 6.23. The molecule has 7 nitrogen and oxygen atoms in total. The molecule has 2 aromatic heterocycles. The Balaban J connectivity index is 1.45. The quantitative estimate of drug-likeness (QED) is 0.433. The number of carbonyl (C=O) groups excluding carboxylic acids is 2. The molecule has 1 amide bonds. The first-order chi connectivity index (χ1) is 14.5. The molecule has 0 fully saturated rings. The molecule has 0 aliphatic carbocycles. The van der Waals surface area contributed by atoms with Gasteiger partial charge in [0.1, 0.15) is 10.6 Å². The molecular weight excluding hydrogens is 426 g/mol. The van der Waals surface area contributed by atoms with Gasteiger partial charge in [-0.2, -0.15) is 5.10 Å². The van der Waals surface area contributed by atoms with Crippen molar-refractivity contribution in [3.05, 3.63) is 76.4 Å². The van der Waals surface area contributed by atoms with Gasteiger partial charge in [0.25, 0.3) is 5.91 Å². The molecule has 0 radical (unpaired) electrons. The molecular formula is C21H16ClN3O4S. The molecule has 0 bridgehead atoms. The summed E-state index contributed by atoms with van der Waals surface area (Å²) >= 11 is 7.47. The van der Waals surface area contributed by atoms with Crippen LogP contribution in [0, 0.1) is 0 Å². The largest absolute Gasteiger partial charge is 0.471 e. The molecule has 0 saturated carbocycles. The van der Waals surface area contributed by atoms with Crippen LogP contribution in [0.15, 0.2) is 60.8 Å². The molecule has 0 spiro atoms. The van der Waals surface area contributed by atoms with Crippen LogP contribution in [0.25, 0.3) is 10.1 Å². The number of para-hydroxylation sites is 1. The van der Waals surface area contributed by atoms with E-state index in [1.54, 1.807) is 30.5 Å². The van der Waals surface area contributed by atoms with Gasteiger partial charge >= 0.3 is 5.97 Å². The molecule has 2 heterocycles. The maximum Gasteiger partial charge on any atom is 0.349 e. The molecule has 2 aromatic carbocycles. The van der Waals surface area contributed by atoms with Crippen LogP contribution in [0.4, 0.5) is 5.69 Å². The highest BCUT2D eigenvalue weighted by Gasteiger charge is 2.18. The molecule has 0 atom stereocenters. The zero-order valence-corrected chi connectivity index (χ0v) is 17.4. The van der Waals surface area contributed by atoms with E-state index in [0.29, 0.717) is 21.3 Å². The molecule has 30 heavy (non-hydrogen) atoms. The summed E-state index contributed by atoms with van der Waals surface area (Å²) in [5.41, 5.74) is 0.822. The number of thiophene rings is 1. The fourth-order valence-corrected chi connectivity index (χ4v) is 4.24. The Morgan fingerprint density at radius 2 is 1.97 bits per heavy atom. The smallest absolute Gasteiger partial charge is 0.349 e. The van der Waals surface area contributed by atoms with Crippen LogP contribution in [0.3, 0.4) is 0 Å². The molecule has 1 N–H and O–H groups in total. The predicted octanol–water partition coefficient (Wildman–Crippen LogP) is 4.83. The highest BCUT2D eigenvalue weighted by atomic mass is 35.5. The van der Waals surface area contributed by atoms with Crippen molar-refractivity contribution in [2.75, 3.05) is 12.4 Å². The molecule has 9 heteroatoms. The van der Waals surface area contributed by atoms with E-state index in [0.717, 1.165) is 10.1 Å². The van der Waals surface area contributed by atoms with Gasteiger partial charge in [0.05, 0.1) is 12.1 Å². The zero-order valence-electron chi connectivity index (χ0n) is 15.8. The molecule has 0 aliphatic rings. The minimum absolute atomic E-state index is 0.188. The minimum atomic E-state index is -0.491. The van der Waals surface area contributed by atoms with Gasteiger partial charge < -0.3 is 14.8 Å². The third-order valence-electron chi connectivity index (χ3n) is 4.24. The average molecular weight is 442 g/mol. The monoisotopic (exact) mass is 441 g/mol. The van der Waals surface area contributed by atoms with Gasteiger partial charge in [0.15, 0.2) is 12.4 Å². The molecule has 0 unspecified atom stereocenters. The summed E-state index contributed by atoms with van der Waals surface area (Å²) < 4.78 is 12.7. The van der Waals surface area contributed by atoms with Crippen LogP contribution in [-0.4, -0.2) is 28.8 Å². The fourth-order valence-electron chi connectivity index (χ4n) is 2.77. The number of nitrogens with one attached hydrogen (secondary N) is 1. The van der Waals surface area contributed by atoms with Gasteiger partial charge in [-0.1, -0.05) is 29.8 Å². The number of esters is 1. The van der Waals surface area contributed by atoms with Crippen LogP contribution in [0.1, 0.15) is 20.2 Å². The first kappa shape index (κ1) is 19.9. The fraction of sp³-hybridized carbons (Fsp3) is 0.0952. The van der Waals surface area contributed by atoms with Gasteiger partial charge in [0.2, 0.25) is 0 Å². The summed E-state index contributed by atoms with van der Waals surface area (Å²) in [5, 5.41) is 8.11. The van der Waals surface area contributed by atoms with Crippen LogP contribution in [0.2, 0.25) is 5.02 Å². The predicted molar refractivity (Wildman–Crippen MR) is 115 cm³/mol. The molecule has 4 aromatic rings. The number of hydrogen-bond acceptors (Lipinski definition) is 6. The lowest BCUT2D eigenvalue weighted by molar-refractivity contribution is 0.0606. The SMILES string of the molecule is COC(=O)c1sc2cc(NC(=O)c3ccn(COc4ccccc4)n3)ccc2c1Cl. The highest BCUT2D eigenvalue weighted by molar-refractivity contribution is 7.21.